The number of carbonyl (C=O) groups is 1. The summed E-state index contributed by atoms with van der Waals surface area (Å²) in [6.07, 6.45) is 0.356. The van der Waals surface area contributed by atoms with E-state index in [-0.39, 0.29) is 0 Å². The molecule has 1 atom stereocenters. The fourth-order valence-electron chi connectivity index (χ4n) is 2.69. The average Bonchev–Trinajstić information content (AvgIpc) is 2.60. The smallest absolute Gasteiger partial charge is 0.311 e. The second-order valence-corrected chi connectivity index (χ2v) is 5.52. The number of hydrogen-bond acceptors (Lipinski definition) is 4. The van der Waals surface area contributed by atoms with Gasteiger partial charge in [-0.1, -0.05) is 18.2 Å². The van der Waals surface area contributed by atoms with Gasteiger partial charge in [0.1, 0.15) is 5.75 Å². The summed E-state index contributed by atoms with van der Waals surface area (Å²) in [6, 6.07) is 12.7. The van der Waals surface area contributed by atoms with Gasteiger partial charge in [0.2, 0.25) is 0 Å². The van der Waals surface area contributed by atoms with E-state index in [9.17, 15) is 9.90 Å². The van der Waals surface area contributed by atoms with Crippen molar-refractivity contribution >= 4 is 5.97 Å². The van der Waals surface area contributed by atoms with Crippen LogP contribution in [0.5, 0.6) is 17.2 Å². The van der Waals surface area contributed by atoms with Crippen molar-refractivity contribution in [3.05, 3.63) is 53.6 Å². The Balaban J connectivity index is 2.29. The van der Waals surface area contributed by atoms with Crippen LogP contribution in [0.4, 0.5) is 0 Å². The third-order valence-corrected chi connectivity index (χ3v) is 3.84. The van der Waals surface area contributed by atoms with Gasteiger partial charge in [0.15, 0.2) is 11.5 Å². The van der Waals surface area contributed by atoms with E-state index in [1.54, 1.807) is 19.2 Å². The number of carboxylic acids is 1. The molecule has 0 aromatic heterocycles. The largest absolute Gasteiger partial charge is 0.494 e. The second kappa shape index (κ2) is 8.97. The fourth-order valence-corrected chi connectivity index (χ4v) is 2.69. The van der Waals surface area contributed by atoms with E-state index in [0.717, 1.165) is 5.56 Å². The van der Waals surface area contributed by atoms with Crippen LogP contribution in [0.2, 0.25) is 0 Å². The highest BCUT2D eigenvalue weighted by atomic mass is 16.5. The number of rotatable bonds is 9. The van der Waals surface area contributed by atoms with Crippen LogP contribution in [-0.2, 0) is 11.2 Å². The molecule has 0 fully saturated rings. The molecule has 2 aromatic carbocycles. The van der Waals surface area contributed by atoms with Gasteiger partial charge in [0.05, 0.1) is 26.2 Å². The lowest BCUT2D eigenvalue weighted by atomic mass is 9.92. The molecule has 0 heterocycles. The van der Waals surface area contributed by atoms with E-state index in [4.69, 9.17) is 14.2 Å². The van der Waals surface area contributed by atoms with Crippen molar-refractivity contribution in [3.63, 3.8) is 0 Å². The van der Waals surface area contributed by atoms with E-state index < -0.39 is 11.9 Å². The standard InChI is InChI=1S/C20H24O5/c1-4-24-16-8-6-7-15(13-16)17(20(21)22)11-14-9-10-18(23-3)19(12-14)25-5-2/h6-10,12-13,17H,4-5,11H2,1-3H3,(H,21,22). The summed E-state index contributed by atoms with van der Waals surface area (Å²) in [4.78, 5) is 11.8. The molecule has 25 heavy (non-hydrogen) atoms. The van der Waals surface area contributed by atoms with Crippen LogP contribution in [0.1, 0.15) is 30.9 Å². The van der Waals surface area contributed by atoms with Gasteiger partial charge >= 0.3 is 5.97 Å². The van der Waals surface area contributed by atoms with E-state index in [0.29, 0.717) is 42.4 Å². The summed E-state index contributed by atoms with van der Waals surface area (Å²) in [5.41, 5.74) is 1.59. The number of benzene rings is 2. The molecule has 0 aliphatic heterocycles. The molecule has 5 heteroatoms. The summed E-state index contributed by atoms with van der Waals surface area (Å²) in [5, 5.41) is 9.69. The number of carboxylic acid groups (broad SMARTS) is 1. The van der Waals surface area contributed by atoms with Crippen molar-refractivity contribution in [1.82, 2.24) is 0 Å². The maximum atomic E-state index is 11.8. The zero-order chi connectivity index (χ0) is 18.2. The van der Waals surface area contributed by atoms with Gasteiger partial charge in [-0.05, 0) is 55.7 Å². The maximum Gasteiger partial charge on any atom is 0.311 e. The van der Waals surface area contributed by atoms with E-state index in [2.05, 4.69) is 0 Å². The summed E-state index contributed by atoms with van der Waals surface area (Å²) >= 11 is 0. The van der Waals surface area contributed by atoms with Gasteiger partial charge in [0, 0.05) is 0 Å². The number of methoxy groups -OCH3 is 1. The van der Waals surface area contributed by atoms with E-state index in [1.807, 2.05) is 44.2 Å². The molecule has 0 aliphatic carbocycles. The molecule has 2 rings (SSSR count). The zero-order valence-corrected chi connectivity index (χ0v) is 14.8. The quantitative estimate of drug-likeness (QED) is 0.747. The molecule has 0 spiro atoms. The van der Waals surface area contributed by atoms with Crippen LogP contribution in [0.15, 0.2) is 42.5 Å². The van der Waals surface area contributed by atoms with Crippen molar-refractivity contribution in [1.29, 1.82) is 0 Å². The minimum Gasteiger partial charge on any atom is -0.494 e. The first-order valence-corrected chi connectivity index (χ1v) is 8.34. The van der Waals surface area contributed by atoms with Crippen molar-refractivity contribution in [3.8, 4) is 17.2 Å². The van der Waals surface area contributed by atoms with E-state index in [1.165, 1.54) is 0 Å². The molecule has 2 aromatic rings. The third kappa shape index (κ3) is 4.89. The lowest BCUT2D eigenvalue weighted by Gasteiger charge is -2.16. The summed E-state index contributed by atoms with van der Waals surface area (Å²) in [7, 11) is 1.58. The highest BCUT2D eigenvalue weighted by Crippen LogP contribution is 2.31. The molecule has 0 saturated carbocycles. The molecule has 1 N–H and O–H groups in total. The normalized spacial score (nSPS) is 11.6. The Hall–Kier alpha value is -2.69. The Kier molecular flexibility index (Phi) is 6.69. The first-order chi connectivity index (χ1) is 12.1. The van der Waals surface area contributed by atoms with Gasteiger partial charge in [-0.3, -0.25) is 4.79 Å². The van der Waals surface area contributed by atoms with Gasteiger partial charge < -0.3 is 19.3 Å². The van der Waals surface area contributed by atoms with Crippen LogP contribution in [0.25, 0.3) is 0 Å². The number of hydrogen-bond donors (Lipinski definition) is 1. The molecule has 5 nitrogen and oxygen atoms in total. The summed E-state index contributed by atoms with van der Waals surface area (Å²) in [5.74, 6) is 0.396. The van der Waals surface area contributed by atoms with Crippen molar-refractivity contribution in [2.24, 2.45) is 0 Å². The second-order valence-electron chi connectivity index (χ2n) is 5.52. The first kappa shape index (κ1) is 18.6. The molecule has 0 aliphatic rings. The van der Waals surface area contributed by atoms with Crippen LogP contribution in [0, 0.1) is 0 Å². The van der Waals surface area contributed by atoms with Crippen molar-refractivity contribution in [2.45, 2.75) is 26.2 Å². The molecule has 0 amide bonds. The lowest BCUT2D eigenvalue weighted by molar-refractivity contribution is -0.138. The third-order valence-electron chi connectivity index (χ3n) is 3.84. The van der Waals surface area contributed by atoms with Crippen LogP contribution < -0.4 is 14.2 Å². The van der Waals surface area contributed by atoms with Gasteiger partial charge in [-0.15, -0.1) is 0 Å². The Bertz CT molecular complexity index is 711. The fraction of sp³-hybridized carbons (Fsp3) is 0.350. The molecule has 134 valence electrons. The Labute approximate surface area is 148 Å². The molecule has 0 saturated heterocycles. The zero-order valence-electron chi connectivity index (χ0n) is 14.8. The summed E-state index contributed by atoms with van der Waals surface area (Å²) in [6.45, 7) is 4.84. The number of ether oxygens (including phenoxy) is 3. The van der Waals surface area contributed by atoms with Crippen LogP contribution in [-0.4, -0.2) is 31.4 Å². The Morgan fingerprint density at radius 3 is 2.44 bits per heavy atom. The monoisotopic (exact) mass is 344 g/mol. The predicted molar refractivity (Wildman–Crippen MR) is 95.9 cm³/mol. The Morgan fingerprint density at radius 2 is 1.80 bits per heavy atom. The Morgan fingerprint density at radius 1 is 1.04 bits per heavy atom. The SMILES string of the molecule is CCOc1cccc(C(Cc2ccc(OC)c(OCC)c2)C(=O)O)c1. The molecular weight excluding hydrogens is 320 g/mol. The molecular formula is C20H24O5. The predicted octanol–water partition coefficient (Wildman–Crippen LogP) is 3.90. The van der Waals surface area contributed by atoms with Gasteiger partial charge in [-0.2, -0.15) is 0 Å². The van der Waals surface area contributed by atoms with E-state index >= 15 is 0 Å². The molecule has 1 unspecified atom stereocenters. The van der Waals surface area contributed by atoms with Gasteiger partial charge in [-0.25, -0.2) is 0 Å². The highest BCUT2D eigenvalue weighted by Gasteiger charge is 2.21. The average molecular weight is 344 g/mol. The topological polar surface area (TPSA) is 65.0 Å². The van der Waals surface area contributed by atoms with Crippen LogP contribution in [0.3, 0.4) is 0 Å². The van der Waals surface area contributed by atoms with Gasteiger partial charge in [0.25, 0.3) is 0 Å². The molecule has 0 bridgehead atoms. The summed E-state index contributed by atoms with van der Waals surface area (Å²) < 4.78 is 16.3. The maximum absolute atomic E-state index is 11.8. The lowest BCUT2D eigenvalue weighted by Crippen LogP contribution is -2.14. The van der Waals surface area contributed by atoms with Crippen molar-refractivity contribution in [2.75, 3.05) is 20.3 Å². The van der Waals surface area contributed by atoms with Crippen molar-refractivity contribution < 1.29 is 24.1 Å². The minimum atomic E-state index is -0.873. The first-order valence-electron chi connectivity index (χ1n) is 8.34. The minimum absolute atomic E-state index is 0.356. The number of aliphatic carboxylic acids is 1. The molecule has 0 radical (unpaired) electrons. The van der Waals surface area contributed by atoms with Crippen LogP contribution >= 0.6 is 0 Å². The highest BCUT2D eigenvalue weighted by molar-refractivity contribution is 5.76.